The van der Waals surface area contributed by atoms with Crippen molar-refractivity contribution in [2.24, 2.45) is 5.92 Å². The van der Waals surface area contributed by atoms with Gasteiger partial charge in [0.1, 0.15) is 0 Å². The highest BCUT2D eigenvalue weighted by Gasteiger charge is 2.33. The van der Waals surface area contributed by atoms with Crippen molar-refractivity contribution in [2.75, 3.05) is 13.1 Å². The lowest BCUT2D eigenvalue weighted by atomic mass is 9.77. The zero-order chi connectivity index (χ0) is 13.2. The van der Waals surface area contributed by atoms with Crippen molar-refractivity contribution in [3.05, 3.63) is 35.4 Å². The van der Waals surface area contributed by atoms with Gasteiger partial charge in [0.05, 0.1) is 5.92 Å². The first-order valence-corrected chi connectivity index (χ1v) is 7.34. The predicted octanol–water partition coefficient (Wildman–Crippen LogP) is 1.83. The predicted molar refractivity (Wildman–Crippen MR) is 76.1 cm³/mol. The first-order valence-electron chi connectivity index (χ1n) is 7.34. The quantitative estimate of drug-likeness (QED) is 0.868. The number of carbonyl (C=O) groups is 1. The van der Waals surface area contributed by atoms with Gasteiger partial charge in [0.15, 0.2) is 0 Å². The fourth-order valence-corrected chi connectivity index (χ4v) is 3.28. The van der Waals surface area contributed by atoms with E-state index in [4.69, 9.17) is 0 Å². The number of carbonyl (C=O) groups excluding carboxylic acids is 1. The Morgan fingerprint density at radius 1 is 1.32 bits per heavy atom. The molecule has 2 atom stereocenters. The van der Waals surface area contributed by atoms with Crippen LogP contribution in [0.5, 0.6) is 0 Å². The molecule has 2 unspecified atom stereocenters. The van der Waals surface area contributed by atoms with Crippen molar-refractivity contribution >= 4 is 5.91 Å². The summed E-state index contributed by atoms with van der Waals surface area (Å²) in [4.78, 5) is 12.3. The van der Waals surface area contributed by atoms with Crippen molar-refractivity contribution in [2.45, 2.75) is 38.1 Å². The smallest absolute Gasteiger partial charge is 0.228 e. The number of hydrogen-bond donors (Lipinski definition) is 2. The van der Waals surface area contributed by atoms with E-state index in [1.165, 1.54) is 24.0 Å². The Kier molecular flexibility index (Phi) is 3.56. The second kappa shape index (κ2) is 5.33. The Balaban J connectivity index is 1.57. The standard InChI is InChI=1S/C16H22N2O/c1-11(12-6-8-17-9-7-12)18-16(19)15-10-13-4-2-3-5-14(13)15/h2-5,11-12,15,17H,6-10H2,1H3,(H,18,19). The fourth-order valence-electron chi connectivity index (χ4n) is 3.28. The maximum Gasteiger partial charge on any atom is 0.228 e. The van der Waals surface area contributed by atoms with Crippen molar-refractivity contribution in [3.63, 3.8) is 0 Å². The minimum atomic E-state index is 0.0837. The third-order valence-corrected chi connectivity index (χ3v) is 4.63. The van der Waals surface area contributed by atoms with E-state index in [2.05, 4.69) is 29.7 Å². The van der Waals surface area contributed by atoms with E-state index in [9.17, 15) is 4.79 Å². The van der Waals surface area contributed by atoms with Gasteiger partial charge in [-0.15, -0.1) is 0 Å². The Morgan fingerprint density at radius 3 is 2.79 bits per heavy atom. The highest BCUT2D eigenvalue weighted by Crippen LogP contribution is 2.35. The van der Waals surface area contributed by atoms with Crippen LogP contribution in [0, 0.1) is 5.92 Å². The lowest BCUT2D eigenvalue weighted by molar-refractivity contribution is -0.124. The molecule has 1 aromatic rings. The molecule has 0 saturated carbocycles. The van der Waals surface area contributed by atoms with Crippen molar-refractivity contribution in [3.8, 4) is 0 Å². The van der Waals surface area contributed by atoms with E-state index in [-0.39, 0.29) is 11.8 Å². The van der Waals surface area contributed by atoms with Crippen LogP contribution in [-0.2, 0) is 11.2 Å². The number of nitrogens with one attached hydrogen (secondary N) is 2. The molecule has 1 aromatic carbocycles. The first-order chi connectivity index (χ1) is 9.25. The van der Waals surface area contributed by atoms with Crippen LogP contribution in [0.3, 0.4) is 0 Å². The average molecular weight is 258 g/mol. The molecule has 3 rings (SSSR count). The Morgan fingerprint density at radius 2 is 2.05 bits per heavy atom. The highest BCUT2D eigenvalue weighted by atomic mass is 16.2. The largest absolute Gasteiger partial charge is 0.353 e. The molecule has 1 aliphatic carbocycles. The summed E-state index contributed by atoms with van der Waals surface area (Å²) < 4.78 is 0. The lowest BCUT2D eigenvalue weighted by Gasteiger charge is -2.33. The van der Waals surface area contributed by atoms with Gasteiger partial charge < -0.3 is 10.6 Å². The minimum Gasteiger partial charge on any atom is -0.353 e. The molecule has 3 nitrogen and oxygen atoms in total. The SMILES string of the molecule is CC(NC(=O)C1Cc2ccccc21)C1CCNCC1. The van der Waals surface area contributed by atoms with Crippen LogP contribution in [0.25, 0.3) is 0 Å². The van der Waals surface area contributed by atoms with E-state index >= 15 is 0 Å². The number of hydrogen-bond acceptors (Lipinski definition) is 2. The lowest BCUT2D eigenvalue weighted by Crippen LogP contribution is -2.45. The van der Waals surface area contributed by atoms with E-state index in [0.717, 1.165) is 19.5 Å². The van der Waals surface area contributed by atoms with Crippen molar-refractivity contribution in [1.29, 1.82) is 0 Å². The summed E-state index contributed by atoms with van der Waals surface area (Å²) in [5, 5.41) is 6.59. The van der Waals surface area contributed by atoms with Gasteiger partial charge >= 0.3 is 0 Å². The number of benzene rings is 1. The van der Waals surface area contributed by atoms with Gasteiger partial charge in [0, 0.05) is 6.04 Å². The molecule has 0 spiro atoms. The van der Waals surface area contributed by atoms with E-state index < -0.39 is 0 Å². The van der Waals surface area contributed by atoms with Crippen LogP contribution in [0.15, 0.2) is 24.3 Å². The Hall–Kier alpha value is -1.35. The van der Waals surface area contributed by atoms with Crippen LogP contribution >= 0.6 is 0 Å². The van der Waals surface area contributed by atoms with Crippen molar-refractivity contribution in [1.82, 2.24) is 10.6 Å². The molecule has 0 radical (unpaired) electrons. The van der Waals surface area contributed by atoms with Crippen LogP contribution in [0.4, 0.5) is 0 Å². The fraction of sp³-hybridized carbons (Fsp3) is 0.562. The molecule has 1 fully saturated rings. The van der Waals surface area contributed by atoms with Crippen LogP contribution < -0.4 is 10.6 Å². The Labute approximate surface area is 114 Å². The monoisotopic (exact) mass is 258 g/mol. The summed E-state index contributed by atoms with van der Waals surface area (Å²) in [6, 6.07) is 8.56. The summed E-state index contributed by atoms with van der Waals surface area (Å²) in [5.41, 5.74) is 2.55. The van der Waals surface area contributed by atoms with Crippen molar-refractivity contribution < 1.29 is 4.79 Å². The third kappa shape index (κ3) is 2.52. The average Bonchev–Trinajstić information content (AvgIpc) is 2.41. The summed E-state index contributed by atoms with van der Waals surface area (Å²) >= 11 is 0. The number of rotatable bonds is 3. The summed E-state index contributed by atoms with van der Waals surface area (Å²) in [5.74, 6) is 0.922. The second-order valence-electron chi connectivity index (χ2n) is 5.84. The summed E-state index contributed by atoms with van der Waals surface area (Å²) in [6.07, 6.45) is 3.24. The molecule has 19 heavy (non-hydrogen) atoms. The summed E-state index contributed by atoms with van der Waals surface area (Å²) in [6.45, 7) is 4.31. The van der Waals surface area contributed by atoms with Gasteiger partial charge in [-0.3, -0.25) is 4.79 Å². The molecular formula is C16H22N2O. The van der Waals surface area contributed by atoms with Gasteiger partial charge in [-0.05, 0) is 56.3 Å². The molecule has 2 N–H and O–H groups in total. The van der Waals surface area contributed by atoms with E-state index in [0.29, 0.717) is 12.0 Å². The topological polar surface area (TPSA) is 41.1 Å². The Bertz CT molecular complexity index is 466. The van der Waals surface area contributed by atoms with Gasteiger partial charge in [-0.1, -0.05) is 24.3 Å². The van der Waals surface area contributed by atoms with Gasteiger partial charge in [-0.2, -0.15) is 0 Å². The normalized spacial score (nSPS) is 24.2. The van der Waals surface area contributed by atoms with Crippen LogP contribution in [0.1, 0.15) is 36.8 Å². The highest BCUT2D eigenvalue weighted by molar-refractivity contribution is 5.87. The molecule has 1 aliphatic heterocycles. The minimum absolute atomic E-state index is 0.0837. The molecule has 3 heteroatoms. The molecule has 1 amide bonds. The zero-order valence-electron chi connectivity index (χ0n) is 11.5. The molecule has 102 valence electrons. The number of amides is 1. The first kappa shape index (κ1) is 12.7. The molecule has 0 bridgehead atoms. The van der Waals surface area contributed by atoms with E-state index in [1.54, 1.807) is 0 Å². The molecule has 0 aromatic heterocycles. The molecule has 1 heterocycles. The maximum atomic E-state index is 12.3. The second-order valence-corrected chi connectivity index (χ2v) is 5.84. The molecular weight excluding hydrogens is 236 g/mol. The molecule has 2 aliphatic rings. The van der Waals surface area contributed by atoms with E-state index in [1.807, 2.05) is 12.1 Å². The van der Waals surface area contributed by atoms with Crippen LogP contribution in [0.2, 0.25) is 0 Å². The summed E-state index contributed by atoms with van der Waals surface area (Å²) in [7, 11) is 0. The number of piperidine rings is 1. The third-order valence-electron chi connectivity index (χ3n) is 4.63. The molecule has 1 saturated heterocycles. The van der Waals surface area contributed by atoms with Gasteiger partial charge in [0.25, 0.3) is 0 Å². The van der Waals surface area contributed by atoms with Crippen LogP contribution in [-0.4, -0.2) is 25.0 Å². The maximum absolute atomic E-state index is 12.3. The van der Waals surface area contributed by atoms with Gasteiger partial charge in [-0.25, -0.2) is 0 Å². The van der Waals surface area contributed by atoms with Gasteiger partial charge in [0.2, 0.25) is 5.91 Å². The zero-order valence-corrected chi connectivity index (χ0v) is 11.5. The number of fused-ring (bicyclic) bond motifs is 1.